The van der Waals surface area contributed by atoms with Gasteiger partial charge in [0, 0.05) is 33.5 Å². The van der Waals surface area contributed by atoms with Gasteiger partial charge in [0.25, 0.3) is 0 Å². The van der Waals surface area contributed by atoms with Crippen LogP contribution in [-0.4, -0.2) is 32.0 Å². The number of fused-ring (bicyclic) bond motifs is 3. The molecule has 212 valence electrons. The van der Waals surface area contributed by atoms with Crippen LogP contribution >= 0.6 is 0 Å². The van der Waals surface area contributed by atoms with Crippen molar-refractivity contribution in [1.82, 2.24) is 4.57 Å². The summed E-state index contributed by atoms with van der Waals surface area (Å²) in [6.07, 6.45) is 0. The SMILES string of the molecule is CCOc1ccc2c(c1)c1cc(OCC)ccc1n2-c1ccc(N(c2ccc(OC)cc2)c2ccc(OC)cc2)cc1. The molecule has 0 aliphatic rings. The van der Waals surface area contributed by atoms with Crippen LogP contribution in [0.15, 0.2) is 109 Å². The molecular formula is C36H34N2O4. The van der Waals surface area contributed by atoms with Gasteiger partial charge < -0.3 is 28.4 Å². The molecule has 5 aromatic carbocycles. The van der Waals surface area contributed by atoms with Gasteiger partial charge >= 0.3 is 0 Å². The third kappa shape index (κ3) is 5.07. The molecule has 0 saturated heterocycles. The first-order chi connectivity index (χ1) is 20.6. The van der Waals surface area contributed by atoms with Crippen LogP contribution in [0.4, 0.5) is 17.1 Å². The molecule has 0 atom stereocenters. The molecule has 0 saturated carbocycles. The van der Waals surface area contributed by atoms with Crippen LogP contribution in [0.3, 0.4) is 0 Å². The molecule has 0 amide bonds. The molecule has 0 N–H and O–H groups in total. The quantitative estimate of drug-likeness (QED) is 0.168. The van der Waals surface area contributed by atoms with Crippen molar-refractivity contribution >= 4 is 38.9 Å². The summed E-state index contributed by atoms with van der Waals surface area (Å²) in [6.45, 7) is 5.25. The third-order valence-corrected chi connectivity index (χ3v) is 7.36. The zero-order valence-corrected chi connectivity index (χ0v) is 24.3. The second-order valence-corrected chi connectivity index (χ2v) is 9.81. The fourth-order valence-electron chi connectivity index (χ4n) is 5.43. The van der Waals surface area contributed by atoms with Gasteiger partial charge in [-0.15, -0.1) is 0 Å². The van der Waals surface area contributed by atoms with Crippen LogP contribution < -0.4 is 23.8 Å². The Hall–Kier alpha value is -5.10. The number of anilines is 3. The van der Waals surface area contributed by atoms with Crippen molar-refractivity contribution in [3.63, 3.8) is 0 Å². The van der Waals surface area contributed by atoms with E-state index in [9.17, 15) is 0 Å². The van der Waals surface area contributed by atoms with Crippen molar-refractivity contribution in [3.8, 4) is 28.7 Å². The van der Waals surface area contributed by atoms with Crippen molar-refractivity contribution < 1.29 is 18.9 Å². The van der Waals surface area contributed by atoms with E-state index in [2.05, 4.69) is 82.3 Å². The average Bonchev–Trinajstić information content (AvgIpc) is 3.35. The molecule has 0 aliphatic carbocycles. The predicted octanol–water partition coefficient (Wildman–Crippen LogP) is 9.07. The number of benzene rings is 5. The number of nitrogens with zero attached hydrogens (tertiary/aromatic N) is 2. The number of hydrogen-bond donors (Lipinski definition) is 0. The molecule has 0 radical (unpaired) electrons. The molecule has 0 aliphatic heterocycles. The highest BCUT2D eigenvalue weighted by atomic mass is 16.5. The van der Waals surface area contributed by atoms with Gasteiger partial charge in [-0.3, -0.25) is 0 Å². The number of methoxy groups -OCH3 is 2. The second kappa shape index (κ2) is 11.8. The van der Waals surface area contributed by atoms with Gasteiger partial charge in [0.05, 0.1) is 38.5 Å². The van der Waals surface area contributed by atoms with E-state index < -0.39 is 0 Å². The standard InChI is InChI=1S/C36H34N2O4/c1-5-41-31-19-21-35-33(23-31)34-24-32(42-6-2)20-22-36(34)38(35)28-9-7-25(8-10-28)37(26-11-15-29(39-3)16-12-26)27-13-17-30(40-4)18-14-27/h7-24H,5-6H2,1-4H3. The Morgan fingerprint density at radius 2 is 0.881 bits per heavy atom. The molecule has 1 aromatic heterocycles. The van der Waals surface area contributed by atoms with Crippen molar-refractivity contribution in [2.24, 2.45) is 0 Å². The van der Waals surface area contributed by atoms with Gasteiger partial charge in [-0.1, -0.05) is 0 Å². The highest BCUT2D eigenvalue weighted by Gasteiger charge is 2.17. The fraction of sp³-hybridized carbons (Fsp3) is 0.167. The van der Waals surface area contributed by atoms with E-state index in [-0.39, 0.29) is 0 Å². The molecule has 1 heterocycles. The minimum absolute atomic E-state index is 0.620. The Bertz CT molecular complexity index is 1700. The zero-order valence-electron chi connectivity index (χ0n) is 24.3. The lowest BCUT2D eigenvalue weighted by Gasteiger charge is -2.26. The van der Waals surface area contributed by atoms with Crippen LogP contribution in [0, 0.1) is 0 Å². The smallest absolute Gasteiger partial charge is 0.120 e. The Morgan fingerprint density at radius 3 is 1.26 bits per heavy atom. The Labute approximate surface area is 246 Å². The number of ether oxygens (including phenoxy) is 4. The first kappa shape index (κ1) is 27.1. The van der Waals surface area contributed by atoms with Gasteiger partial charge in [-0.25, -0.2) is 0 Å². The summed E-state index contributed by atoms with van der Waals surface area (Å²) in [6, 6.07) is 37.4. The minimum Gasteiger partial charge on any atom is -0.497 e. The average molecular weight is 559 g/mol. The van der Waals surface area contributed by atoms with E-state index in [1.165, 1.54) is 0 Å². The molecule has 0 unspecified atom stereocenters. The monoisotopic (exact) mass is 558 g/mol. The molecule has 42 heavy (non-hydrogen) atoms. The highest BCUT2D eigenvalue weighted by molar-refractivity contribution is 6.10. The van der Waals surface area contributed by atoms with Crippen molar-refractivity contribution in [2.75, 3.05) is 32.3 Å². The summed E-state index contributed by atoms with van der Waals surface area (Å²) in [4.78, 5) is 2.22. The number of aromatic nitrogens is 1. The lowest BCUT2D eigenvalue weighted by Crippen LogP contribution is -2.10. The zero-order chi connectivity index (χ0) is 29.1. The van der Waals surface area contributed by atoms with Crippen molar-refractivity contribution in [3.05, 3.63) is 109 Å². The first-order valence-electron chi connectivity index (χ1n) is 14.2. The van der Waals surface area contributed by atoms with Gasteiger partial charge in [0.2, 0.25) is 0 Å². The summed E-state index contributed by atoms with van der Waals surface area (Å²) < 4.78 is 24.8. The molecule has 6 nitrogen and oxygen atoms in total. The summed E-state index contributed by atoms with van der Waals surface area (Å²) in [7, 11) is 3.36. The molecule has 6 aromatic rings. The fourth-order valence-corrected chi connectivity index (χ4v) is 5.43. The van der Waals surface area contributed by atoms with Crippen molar-refractivity contribution in [1.29, 1.82) is 0 Å². The summed E-state index contributed by atoms with van der Waals surface area (Å²) >= 11 is 0. The molecule has 6 rings (SSSR count). The summed E-state index contributed by atoms with van der Waals surface area (Å²) in [5.41, 5.74) is 6.37. The van der Waals surface area contributed by atoms with Gasteiger partial charge in [-0.2, -0.15) is 0 Å². The topological polar surface area (TPSA) is 45.1 Å². The Balaban J connectivity index is 1.47. The molecule has 0 bridgehead atoms. The molecule has 6 heteroatoms. The lowest BCUT2D eigenvalue weighted by molar-refractivity contribution is 0.340. The summed E-state index contributed by atoms with van der Waals surface area (Å²) in [5, 5.41) is 2.25. The van der Waals surface area contributed by atoms with E-state index >= 15 is 0 Å². The molecule has 0 fully saturated rings. The van der Waals surface area contributed by atoms with Gasteiger partial charge in [0.15, 0.2) is 0 Å². The van der Waals surface area contributed by atoms with Gasteiger partial charge in [-0.05, 0) is 123 Å². The number of rotatable bonds is 10. The molecule has 0 spiro atoms. The normalized spacial score (nSPS) is 11.0. The maximum absolute atomic E-state index is 5.85. The minimum atomic E-state index is 0.620. The maximum Gasteiger partial charge on any atom is 0.120 e. The van der Waals surface area contributed by atoms with Crippen LogP contribution in [-0.2, 0) is 0 Å². The number of hydrogen-bond acceptors (Lipinski definition) is 5. The van der Waals surface area contributed by atoms with E-state index in [1.54, 1.807) is 14.2 Å². The van der Waals surface area contributed by atoms with E-state index in [4.69, 9.17) is 18.9 Å². The summed E-state index contributed by atoms with van der Waals surface area (Å²) in [5.74, 6) is 3.34. The molecular weight excluding hydrogens is 524 g/mol. The van der Waals surface area contributed by atoms with Crippen LogP contribution in [0.2, 0.25) is 0 Å². The largest absolute Gasteiger partial charge is 0.497 e. The predicted molar refractivity (Wildman–Crippen MR) is 171 cm³/mol. The van der Waals surface area contributed by atoms with Crippen LogP contribution in [0.1, 0.15) is 13.8 Å². The van der Waals surface area contributed by atoms with E-state index in [1.807, 2.05) is 50.2 Å². The van der Waals surface area contributed by atoms with Gasteiger partial charge in [0.1, 0.15) is 23.0 Å². The first-order valence-corrected chi connectivity index (χ1v) is 14.2. The maximum atomic E-state index is 5.85. The van der Waals surface area contributed by atoms with Crippen molar-refractivity contribution in [2.45, 2.75) is 13.8 Å². The Kier molecular flexibility index (Phi) is 7.60. The highest BCUT2D eigenvalue weighted by Crippen LogP contribution is 2.39. The second-order valence-electron chi connectivity index (χ2n) is 9.81. The van der Waals surface area contributed by atoms with Crippen LogP contribution in [0.5, 0.6) is 23.0 Å². The van der Waals surface area contributed by atoms with E-state index in [0.717, 1.165) is 67.6 Å². The van der Waals surface area contributed by atoms with E-state index in [0.29, 0.717) is 13.2 Å². The third-order valence-electron chi connectivity index (χ3n) is 7.36. The van der Waals surface area contributed by atoms with Crippen LogP contribution in [0.25, 0.3) is 27.5 Å². The lowest BCUT2D eigenvalue weighted by atomic mass is 10.1. The Morgan fingerprint density at radius 1 is 0.500 bits per heavy atom.